The van der Waals surface area contributed by atoms with Gasteiger partial charge in [0.2, 0.25) is 5.95 Å². The van der Waals surface area contributed by atoms with E-state index in [1.54, 1.807) is 6.20 Å². The Labute approximate surface area is 147 Å². The van der Waals surface area contributed by atoms with Crippen molar-refractivity contribution in [2.75, 3.05) is 31.2 Å². The van der Waals surface area contributed by atoms with Crippen LogP contribution in [0.15, 0.2) is 6.20 Å². The van der Waals surface area contributed by atoms with Crippen molar-refractivity contribution in [2.24, 2.45) is 5.41 Å². The molecule has 2 aromatic heterocycles. The van der Waals surface area contributed by atoms with Crippen LogP contribution in [0.25, 0.3) is 11.2 Å². The lowest BCUT2D eigenvalue weighted by Crippen LogP contribution is -2.70. The average molecular weight is 365 g/mol. The number of fused-ring (bicyclic) bond motifs is 1. The predicted octanol–water partition coefficient (Wildman–Crippen LogP) is 2.55. The van der Waals surface area contributed by atoms with E-state index in [4.69, 9.17) is 4.74 Å². The van der Waals surface area contributed by atoms with E-state index in [1.165, 1.54) is 0 Å². The summed E-state index contributed by atoms with van der Waals surface area (Å²) in [5.41, 5.74) is 0.274. The largest absolute Gasteiger partial charge is 0.394 e. The van der Waals surface area contributed by atoms with Gasteiger partial charge in [0, 0.05) is 24.7 Å². The van der Waals surface area contributed by atoms with E-state index >= 15 is 0 Å². The van der Waals surface area contributed by atoms with Gasteiger partial charge < -0.3 is 9.64 Å². The van der Waals surface area contributed by atoms with Gasteiger partial charge in [-0.1, -0.05) is 0 Å². The summed E-state index contributed by atoms with van der Waals surface area (Å²) >= 11 is 0. The summed E-state index contributed by atoms with van der Waals surface area (Å²) in [6, 6.07) is 0. The number of hydrogen-bond acceptors (Lipinski definition) is 6. The summed E-state index contributed by atoms with van der Waals surface area (Å²) in [5.74, 6) is 0.515. The molecular weight excluding hydrogens is 347 g/mol. The molecule has 0 aromatic carbocycles. The maximum atomic E-state index is 13.3. The fourth-order valence-electron chi connectivity index (χ4n) is 4.60. The number of alkyl halides is 3. The summed E-state index contributed by atoms with van der Waals surface area (Å²) in [6.45, 7) is 4.30. The molecule has 1 aliphatic heterocycles. The molecule has 0 N–H and O–H groups in total. The molecule has 2 bridgehead atoms. The highest BCUT2D eigenvalue weighted by Crippen LogP contribution is 2.78. The monoisotopic (exact) mass is 365 g/mol. The minimum atomic E-state index is -4.15. The first kappa shape index (κ1) is 16.2. The topological polar surface area (TPSA) is 64.0 Å². The standard InChI is InChI=1S/C17H18F3N5O/c1-10-6-21-11-12(15-7-16(8-15,9-15)17(18,19)20)23-14(24-13(11)22-10)25-2-4-26-5-3-25/h6H,2-5,7-9H2,1H3. The Kier molecular flexibility index (Phi) is 3.12. The Morgan fingerprint density at radius 1 is 1.08 bits per heavy atom. The maximum Gasteiger partial charge on any atom is 0.394 e. The van der Waals surface area contributed by atoms with E-state index < -0.39 is 17.0 Å². The molecule has 9 heteroatoms. The Balaban J connectivity index is 1.59. The van der Waals surface area contributed by atoms with Crippen molar-refractivity contribution in [2.45, 2.75) is 37.8 Å². The molecule has 0 unspecified atom stereocenters. The molecule has 4 aliphatic rings. The van der Waals surface area contributed by atoms with Crippen LogP contribution in [0, 0.1) is 12.3 Å². The third-order valence-electron chi connectivity index (χ3n) is 5.94. The number of aromatic nitrogens is 4. The maximum absolute atomic E-state index is 13.3. The van der Waals surface area contributed by atoms with Crippen molar-refractivity contribution < 1.29 is 17.9 Å². The lowest BCUT2D eigenvalue weighted by molar-refractivity contribution is -0.337. The van der Waals surface area contributed by atoms with E-state index in [-0.39, 0.29) is 19.3 Å². The first-order valence-electron chi connectivity index (χ1n) is 8.73. The second-order valence-corrected chi connectivity index (χ2v) is 7.74. The third kappa shape index (κ3) is 2.09. The molecule has 6 nitrogen and oxygen atoms in total. The van der Waals surface area contributed by atoms with Gasteiger partial charge in [0.25, 0.3) is 0 Å². The molecule has 3 saturated carbocycles. The quantitative estimate of drug-likeness (QED) is 0.815. The van der Waals surface area contributed by atoms with Crippen molar-refractivity contribution in [3.05, 3.63) is 17.6 Å². The summed E-state index contributed by atoms with van der Waals surface area (Å²) in [5, 5.41) is 0. The number of ether oxygens (including phenoxy) is 1. The molecule has 2 aromatic rings. The van der Waals surface area contributed by atoms with Gasteiger partial charge in [0.15, 0.2) is 5.65 Å². The lowest BCUT2D eigenvalue weighted by atomic mass is 9.34. The highest BCUT2D eigenvalue weighted by molar-refractivity contribution is 5.76. The normalized spacial score (nSPS) is 30.8. The van der Waals surface area contributed by atoms with Crippen molar-refractivity contribution in [1.29, 1.82) is 0 Å². The van der Waals surface area contributed by atoms with Crippen molar-refractivity contribution >= 4 is 17.1 Å². The van der Waals surface area contributed by atoms with Gasteiger partial charge in [-0.3, -0.25) is 0 Å². The summed E-state index contributed by atoms with van der Waals surface area (Å²) in [4.78, 5) is 20.1. The molecule has 3 heterocycles. The Hall–Kier alpha value is -2.03. The van der Waals surface area contributed by atoms with Crippen molar-refractivity contribution in [1.82, 2.24) is 19.9 Å². The minimum Gasteiger partial charge on any atom is -0.378 e. The van der Waals surface area contributed by atoms with Crippen molar-refractivity contribution in [3.8, 4) is 0 Å². The molecule has 6 rings (SSSR count). The van der Waals surface area contributed by atoms with Crippen molar-refractivity contribution in [3.63, 3.8) is 0 Å². The number of rotatable bonds is 2. The highest BCUT2D eigenvalue weighted by atomic mass is 19.4. The molecule has 3 aliphatic carbocycles. The number of anilines is 1. The number of morpholine rings is 1. The summed E-state index contributed by atoms with van der Waals surface area (Å²) < 4.78 is 45.2. The molecule has 0 atom stereocenters. The van der Waals surface area contributed by atoms with Crippen LogP contribution in [0.4, 0.5) is 19.1 Å². The van der Waals surface area contributed by atoms with Gasteiger partial charge in [-0.05, 0) is 26.2 Å². The fraction of sp³-hybridized carbons (Fsp3) is 0.647. The van der Waals surface area contributed by atoms with Crippen LogP contribution in [0.5, 0.6) is 0 Å². The number of nitrogens with zero attached hydrogens (tertiary/aromatic N) is 5. The molecular formula is C17H18F3N5O. The zero-order chi connectivity index (χ0) is 18.2. The lowest BCUT2D eigenvalue weighted by Gasteiger charge is -2.70. The first-order chi connectivity index (χ1) is 12.3. The van der Waals surface area contributed by atoms with Crippen LogP contribution >= 0.6 is 0 Å². The Morgan fingerprint density at radius 3 is 2.42 bits per heavy atom. The zero-order valence-corrected chi connectivity index (χ0v) is 14.3. The third-order valence-corrected chi connectivity index (χ3v) is 5.94. The van der Waals surface area contributed by atoms with Gasteiger partial charge in [0.1, 0.15) is 5.52 Å². The van der Waals surface area contributed by atoms with E-state index in [0.29, 0.717) is 49.1 Å². The Morgan fingerprint density at radius 2 is 1.77 bits per heavy atom. The number of hydrogen-bond donors (Lipinski definition) is 0. The average Bonchev–Trinajstić information content (AvgIpc) is 2.51. The van der Waals surface area contributed by atoms with Gasteiger partial charge in [0.05, 0.1) is 30.0 Å². The second kappa shape index (κ2) is 5.03. The molecule has 1 saturated heterocycles. The smallest absolute Gasteiger partial charge is 0.378 e. The molecule has 26 heavy (non-hydrogen) atoms. The van der Waals surface area contributed by atoms with Crippen LogP contribution < -0.4 is 4.90 Å². The van der Waals surface area contributed by atoms with E-state index in [2.05, 4.69) is 19.9 Å². The minimum absolute atomic E-state index is 0.0910. The van der Waals surface area contributed by atoms with Crippen LogP contribution in [0.3, 0.4) is 0 Å². The number of aryl methyl sites for hydroxylation is 1. The molecule has 0 radical (unpaired) electrons. The van der Waals surface area contributed by atoms with Gasteiger partial charge in [-0.2, -0.15) is 18.2 Å². The number of halogens is 3. The molecule has 0 spiro atoms. The second-order valence-electron chi connectivity index (χ2n) is 7.74. The summed E-state index contributed by atoms with van der Waals surface area (Å²) in [7, 11) is 0. The van der Waals surface area contributed by atoms with E-state index in [0.717, 1.165) is 5.69 Å². The van der Waals surface area contributed by atoms with Crippen LogP contribution in [0.1, 0.15) is 30.7 Å². The van der Waals surface area contributed by atoms with Gasteiger partial charge in [-0.25, -0.2) is 15.0 Å². The van der Waals surface area contributed by atoms with Crippen LogP contribution in [0.2, 0.25) is 0 Å². The van der Waals surface area contributed by atoms with Gasteiger partial charge >= 0.3 is 6.18 Å². The SMILES string of the molecule is Cc1cnc2c(C34CC(C(F)(F)F)(C3)C4)nc(N3CCOCC3)nc2n1. The molecule has 138 valence electrons. The molecule has 0 amide bonds. The first-order valence-corrected chi connectivity index (χ1v) is 8.73. The highest BCUT2D eigenvalue weighted by Gasteiger charge is 2.79. The van der Waals surface area contributed by atoms with Crippen LogP contribution in [-0.2, 0) is 10.2 Å². The van der Waals surface area contributed by atoms with E-state index in [1.807, 2.05) is 11.8 Å². The van der Waals surface area contributed by atoms with E-state index in [9.17, 15) is 13.2 Å². The Bertz CT molecular complexity index is 874. The summed E-state index contributed by atoms with van der Waals surface area (Å²) in [6.07, 6.45) is -2.25. The zero-order valence-electron chi connectivity index (χ0n) is 14.3. The van der Waals surface area contributed by atoms with Crippen LogP contribution in [-0.4, -0.2) is 52.4 Å². The predicted molar refractivity (Wildman–Crippen MR) is 86.9 cm³/mol. The van der Waals surface area contributed by atoms with Gasteiger partial charge in [-0.15, -0.1) is 0 Å². The fourth-order valence-corrected chi connectivity index (χ4v) is 4.60. The molecule has 4 fully saturated rings.